The first-order valence-electron chi connectivity index (χ1n) is 7.23. The zero-order valence-electron chi connectivity index (χ0n) is 11.6. The van der Waals surface area contributed by atoms with Crippen molar-refractivity contribution in [3.8, 4) is 0 Å². The highest BCUT2D eigenvalue weighted by atomic mass is 79.9. The number of rotatable bonds is 6. The highest BCUT2D eigenvalue weighted by molar-refractivity contribution is 9.10. The second-order valence-electron chi connectivity index (χ2n) is 5.25. The Kier molecular flexibility index (Phi) is 5.59. The smallest absolute Gasteiger partial charge is 0.164 e. The molecule has 0 radical (unpaired) electrons. The predicted molar refractivity (Wildman–Crippen MR) is 82.6 cm³/mol. The second kappa shape index (κ2) is 7.20. The maximum Gasteiger partial charge on any atom is 0.164 e. The lowest BCUT2D eigenvalue weighted by molar-refractivity contribution is 0.0953. The molecule has 0 aliphatic heterocycles. The van der Waals surface area contributed by atoms with Gasteiger partial charge in [-0.05, 0) is 31.5 Å². The molecule has 0 N–H and O–H groups in total. The van der Waals surface area contributed by atoms with Gasteiger partial charge in [-0.2, -0.15) is 0 Å². The molecule has 1 aromatic carbocycles. The van der Waals surface area contributed by atoms with Crippen LogP contribution >= 0.6 is 15.9 Å². The molecule has 0 atom stereocenters. The number of halogens is 1. The van der Waals surface area contributed by atoms with E-state index in [1.54, 1.807) is 0 Å². The van der Waals surface area contributed by atoms with Crippen LogP contribution < -0.4 is 0 Å². The lowest BCUT2D eigenvalue weighted by Gasteiger charge is -2.27. The number of carbonyl (C=O) groups is 1. The van der Waals surface area contributed by atoms with E-state index in [2.05, 4.69) is 27.8 Å². The summed E-state index contributed by atoms with van der Waals surface area (Å²) in [7, 11) is 0. The number of Topliss-reactive ketones (excluding diaryl/α,β-unsaturated/α-hetero) is 1. The molecule has 2 nitrogen and oxygen atoms in total. The molecule has 19 heavy (non-hydrogen) atoms. The first-order chi connectivity index (χ1) is 9.20. The highest BCUT2D eigenvalue weighted by Gasteiger charge is 2.21. The van der Waals surface area contributed by atoms with Crippen LogP contribution in [0.1, 0.15) is 49.4 Å². The molecule has 0 aromatic heterocycles. The molecule has 0 saturated heterocycles. The van der Waals surface area contributed by atoms with E-state index < -0.39 is 0 Å². The van der Waals surface area contributed by atoms with E-state index in [9.17, 15) is 4.79 Å². The quantitative estimate of drug-likeness (QED) is 0.728. The average Bonchev–Trinajstić information content (AvgIpc) is 2.93. The number of carbonyl (C=O) groups excluding carboxylic acids is 1. The fraction of sp³-hybridized carbons (Fsp3) is 0.562. The third-order valence-corrected chi connectivity index (χ3v) is 4.51. The van der Waals surface area contributed by atoms with Crippen molar-refractivity contribution in [1.82, 2.24) is 4.90 Å². The van der Waals surface area contributed by atoms with Crippen LogP contribution in [-0.4, -0.2) is 29.8 Å². The maximum absolute atomic E-state index is 12.2. The van der Waals surface area contributed by atoms with Gasteiger partial charge in [-0.3, -0.25) is 4.79 Å². The Balaban J connectivity index is 1.88. The van der Waals surface area contributed by atoms with Crippen LogP contribution in [0.25, 0.3) is 0 Å². The molecule has 0 amide bonds. The Morgan fingerprint density at radius 3 is 2.74 bits per heavy atom. The van der Waals surface area contributed by atoms with Gasteiger partial charge in [0.1, 0.15) is 0 Å². The minimum atomic E-state index is 0.248. The number of hydrogen-bond acceptors (Lipinski definition) is 2. The molecule has 0 spiro atoms. The number of benzene rings is 1. The van der Waals surface area contributed by atoms with Crippen molar-refractivity contribution in [2.24, 2.45) is 0 Å². The van der Waals surface area contributed by atoms with E-state index >= 15 is 0 Å². The van der Waals surface area contributed by atoms with Gasteiger partial charge >= 0.3 is 0 Å². The van der Waals surface area contributed by atoms with Crippen molar-refractivity contribution in [3.05, 3.63) is 34.3 Å². The molecule has 0 bridgehead atoms. The summed E-state index contributed by atoms with van der Waals surface area (Å²) in [4.78, 5) is 14.7. The molecule has 1 aliphatic carbocycles. The standard InChI is InChI=1S/C16H22BrNO/c1-2-18(15-8-3-4-9-15)11-10-16(19)13-6-5-7-14(17)12-13/h5-7,12,15H,2-4,8-11H2,1H3. The minimum absolute atomic E-state index is 0.248. The lowest BCUT2D eigenvalue weighted by atomic mass is 10.1. The molecular formula is C16H22BrNO. The van der Waals surface area contributed by atoms with Crippen molar-refractivity contribution in [2.45, 2.75) is 45.1 Å². The predicted octanol–water partition coefficient (Wildman–Crippen LogP) is 4.29. The molecule has 3 heteroatoms. The van der Waals surface area contributed by atoms with E-state index in [0.717, 1.165) is 23.1 Å². The molecule has 1 saturated carbocycles. The topological polar surface area (TPSA) is 20.3 Å². The summed E-state index contributed by atoms with van der Waals surface area (Å²) in [6.07, 6.45) is 5.93. The van der Waals surface area contributed by atoms with Crippen LogP contribution in [0.5, 0.6) is 0 Å². The van der Waals surface area contributed by atoms with Gasteiger partial charge < -0.3 is 4.90 Å². The van der Waals surface area contributed by atoms with Gasteiger partial charge in [-0.1, -0.05) is 47.8 Å². The monoisotopic (exact) mass is 323 g/mol. The van der Waals surface area contributed by atoms with Crippen molar-refractivity contribution < 1.29 is 4.79 Å². The molecule has 0 heterocycles. The lowest BCUT2D eigenvalue weighted by Crippen LogP contribution is -2.34. The van der Waals surface area contributed by atoms with E-state index in [4.69, 9.17) is 0 Å². The number of hydrogen-bond donors (Lipinski definition) is 0. The van der Waals surface area contributed by atoms with E-state index in [-0.39, 0.29) is 5.78 Å². The van der Waals surface area contributed by atoms with Crippen LogP contribution in [0, 0.1) is 0 Å². The maximum atomic E-state index is 12.2. The summed E-state index contributed by atoms with van der Waals surface area (Å²) >= 11 is 3.42. The van der Waals surface area contributed by atoms with Crippen LogP contribution in [0.15, 0.2) is 28.7 Å². The minimum Gasteiger partial charge on any atom is -0.300 e. The normalized spacial score (nSPS) is 16.2. The van der Waals surface area contributed by atoms with Gasteiger partial charge in [0, 0.05) is 29.0 Å². The van der Waals surface area contributed by atoms with Gasteiger partial charge in [-0.25, -0.2) is 0 Å². The summed E-state index contributed by atoms with van der Waals surface area (Å²) in [6, 6.07) is 8.40. The summed E-state index contributed by atoms with van der Waals surface area (Å²) in [6.45, 7) is 4.14. The van der Waals surface area contributed by atoms with Gasteiger partial charge in [-0.15, -0.1) is 0 Å². The second-order valence-corrected chi connectivity index (χ2v) is 6.17. The Hall–Kier alpha value is -0.670. The van der Waals surface area contributed by atoms with Crippen LogP contribution in [0.3, 0.4) is 0 Å². The van der Waals surface area contributed by atoms with Crippen molar-refractivity contribution in [3.63, 3.8) is 0 Å². The number of ketones is 1. The third-order valence-electron chi connectivity index (χ3n) is 4.02. The largest absolute Gasteiger partial charge is 0.300 e. The summed E-state index contributed by atoms with van der Waals surface area (Å²) in [5, 5.41) is 0. The summed E-state index contributed by atoms with van der Waals surface area (Å²) < 4.78 is 0.974. The van der Waals surface area contributed by atoms with Gasteiger partial charge in [0.15, 0.2) is 5.78 Å². The van der Waals surface area contributed by atoms with Crippen molar-refractivity contribution in [2.75, 3.05) is 13.1 Å². The molecule has 1 aliphatic rings. The SMILES string of the molecule is CCN(CCC(=O)c1cccc(Br)c1)C1CCCC1. The van der Waals surface area contributed by atoms with Crippen LogP contribution in [-0.2, 0) is 0 Å². The molecular weight excluding hydrogens is 302 g/mol. The zero-order chi connectivity index (χ0) is 13.7. The summed E-state index contributed by atoms with van der Waals surface area (Å²) in [5.74, 6) is 0.248. The Morgan fingerprint density at radius 2 is 2.11 bits per heavy atom. The zero-order valence-corrected chi connectivity index (χ0v) is 13.2. The van der Waals surface area contributed by atoms with Gasteiger partial charge in [0.2, 0.25) is 0 Å². The molecule has 104 valence electrons. The highest BCUT2D eigenvalue weighted by Crippen LogP contribution is 2.23. The molecule has 0 unspecified atom stereocenters. The number of nitrogens with zero attached hydrogens (tertiary/aromatic N) is 1. The fourth-order valence-corrected chi connectivity index (χ4v) is 3.32. The van der Waals surface area contributed by atoms with E-state index in [1.165, 1.54) is 25.7 Å². The summed E-state index contributed by atoms with van der Waals surface area (Å²) in [5.41, 5.74) is 0.817. The van der Waals surface area contributed by atoms with Gasteiger partial charge in [0.05, 0.1) is 0 Å². The Morgan fingerprint density at radius 1 is 1.37 bits per heavy atom. The average molecular weight is 324 g/mol. The van der Waals surface area contributed by atoms with Gasteiger partial charge in [0.25, 0.3) is 0 Å². The molecule has 1 fully saturated rings. The van der Waals surface area contributed by atoms with Crippen molar-refractivity contribution >= 4 is 21.7 Å². The van der Waals surface area contributed by atoms with E-state index in [0.29, 0.717) is 12.5 Å². The van der Waals surface area contributed by atoms with Crippen LogP contribution in [0.2, 0.25) is 0 Å². The Labute approximate surface area is 124 Å². The Bertz CT molecular complexity index is 427. The molecule has 2 rings (SSSR count). The van der Waals surface area contributed by atoms with Crippen molar-refractivity contribution in [1.29, 1.82) is 0 Å². The first kappa shape index (κ1) is 14.7. The third kappa shape index (κ3) is 4.15. The molecule has 1 aromatic rings. The first-order valence-corrected chi connectivity index (χ1v) is 8.03. The van der Waals surface area contributed by atoms with Crippen LogP contribution in [0.4, 0.5) is 0 Å². The van der Waals surface area contributed by atoms with E-state index in [1.807, 2.05) is 24.3 Å². The fourth-order valence-electron chi connectivity index (χ4n) is 2.92.